The van der Waals surface area contributed by atoms with Crippen molar-refractivity contribution in [2.75, 3.05) is 0 Å². The quantitative estimate of drug-likeness (QED) is 0.750. The fraction of sp³-hybridized carbons (Fsp3) is 0.111. The van der Waals surface area contributed by atoms with E-state index >= 15 is 0 Å². The Morgan fingerprint density at radius 1 is 1.09 bits per heavy atom. The number of nitrogens with one attached hydrogen (secondary N) is 1. The van der Waals surface area contributed by atoms with Gasteiger partial charge in [0.1, 0.15) is 5.01 Å². The Morgan fingerprint density at radius 3 is 2.61 bits per heavy atom. The minimum atomic E-state index is -0.185. The molecule has 0 fully saturated rings. The molecule has 3 nitrogen and oxygen atoms in total. The van der Waals surface area contributed by atoms with Gasteiger partial charge in [0, 0.05) is 17.5 Å². The maximum atomic E-state index is 12.1. The molecule has 3 aromatic rings. The third-order valence-electron chi connectivity index (χ3n) is 3.34. The number of nitrogens with zero attached hydrogens (tertiary/aromatic N) is 1. The van der Waals surface area contributed by atoms with Crippen molar-refractivity contribution in [2.24, 2.45) is 0 Å². The number of amides is 1. The first kappa shape index (κ1) is 15.7. The maximum Gasteiger partial charge on any atom is 0.253 e. The lowest BCUT2D eigenvalue weighted by Gasteiger charge is -2.04. The highest BCUT2D eigenvalue weighted by molar-refractivity contribution is 7.11. The SMILES string of the molecule is O=C(NCc1ncc(Cc2ccccc2)s1)c1ccccc1Cl. The van der Waals surface area contributed by atoms with E-state index in [-0.39, 0.29) is 5.91 Å². The van der Waals surface area contributed by atoms with Gasteiger partial charge in [0.2, 0.25) is 0 Å². The van der Waals surface area contributed by atoms with Crippen LogP contribution in [0, 0.1) is 0 Å². The highest BCUT2D eigenvalue weighted by Gasteiger charge is 2.10. The summed E-state index contributed by atoms with van der Waals surface area (Å²) >= 11 is 7.63. The van der Waals surface area contributed by atoms with Crippen molar-refractivity contribution in [1.82, 2.24) is 10.3 Å². The molecular weight excluding hydrogens is 328 g/mol. The van der Waals surface area contributed by atoms with E-state index in [9.17, 15) is 4.79 Å². The van der Waals surface area contributed by atoms with E-state index < -0.39 is 0 Å². The number of rotatable bonds is 5. The molecule has 0 radical (unpaired) electrons. The molecule has 0 aliphatic heterocycles. The van der Waals surface area contributed by atoms with Crippen LogP contribution in [0.4, 0.5) is 0 Å². The van der Waals surface area contributed by atoms with Gasteiger partial charge in [0.15, 0.2) is 0 Å². The number of halogens is 1. The molecule has 0 bridgehead atoms. The average molecular weight is 343 g/mol. The van der Waals surface area contributed by atoms with Gasteiger partial charge in [-0.2, -0.15) is 0 Å². The number of carbonyl (C=O) groups is 1. The lowest BCUT2D eigenvalue weighted by atomic mass is 10.1. The molecule has 116 valence electrons. The van der Waals surface area contributed by atoms with Crippen LogP contribution in [-0.4, -0.2) is 10.9 Å². The van der Waals surface area contributed by atoms with Gasteiger partial charge in [0.05, 0.1) is 17.1 Å². The number of hydrogen-bond acceptors (Lipinski definition) is 3. The maximum absolute atomic E-state index is 12.1. The summed E-state index contributed by atoms with van der Waals surface area (Å²) in [6.45, 7) is 0.406. The van der Waals surface area contributed by atoms with Gasteiger partial charge >= 0.3 is 0 Å². The van der Waals surface area contributed by atoms with Gasteiger partial charge in [-0.3, -0.25) is 4.79 Å². The van der Waals surface area contributed by atoms with Gasteiger partial charge in [-0.05, 0) is 17.7 Å². The minimum absolute atomic E-state index is 0.185. The summed E-state index contributed by atoms with van der Waals surface area (Å²) in [7, 11) is 0. The molecule has 3 rings (SSSR count). The van der Waals surface area contributed by atoms with E-state index in [2.05, 4.69) is 22.4 Å². The van der Waals surface area contributed by atoms with Gasteiger partial charge in [-0.1, -0.05) is 54.1 Å². The smallest absolute Gasteiger partial charge is 0.253 e. The molecule has 0 unspecified atom stereocenters. The van der Waals surface area contributed by atoms with Crippen LogP contribution in [0.3, 0.4) is 0 Å². The van der Waals surface area contributed by atoms with E-state index in [0.717, 1.165) is 11.4 Å². The van der Waals surface area contributed by atoms with Crippen molar-refractivity contribution in [3.05, 3.63) is 86.8 Å². The Bertz CT molecular complexity index is 802. The molecule has 5 heteroatoms. The second-order valence-electron chi connectivity index (χ2n) is 5.05. The molecule has 1 heterocycles. The third-order valence-corrected chi connectivity index (χ3v) is 4.67. The fourth-order valence-electron chi connectivity index (χ4n) is 2.20. The Labute approximate surface area is 144 Å². The summed E-state index contributed by atoms with van der Waals surface area (Å²) in [5.74, 6) is -0.185. The normalized spacial score (nSPS) is 10.5. The van der Waals surface area contributed by atoms with Crippen molar-refractivity contribution < 1.29 is 4.79 Å². The van der Waals surface area contributed by atoms with Crippen LogP contribution in [0.25, 0.3) is 0 Å². The van der Waals surface area contributed by atoms with Gasteiger partial charge in [0.25, 0.3) is 5.91 Å². The molecule has 2 aromatic carbocycles. The van der Waals surface area contributed by atoms with Crippen molar-refractivity contribution in [3.8, 4) is 0 Å². The molecule has 0 aliphatic rings. The lowest BCUT2D eigenvalue weighted by molar-refractivity contribution is 0.0951. The van der Waals surface area contributed by atoms with Crippen LogP contribution in [0.2, 0.25) is 5.02 Å². The predicted octanol–water partition coefficient (Wildman–Crippen LogP) is 4.32. The molecule has 0 atom stereocenters. The summed E-state index contributed by atoms with van der Waals surface area (Å²) in [5, 5.41) is 4.20. The van der Waals surface area contributed by atoms with Gasteiger partial charge in [-0.15, -0.1) is 11.3 Å². The molecule has 0 saturated carbocycles. The first-order valence-electron chi connectivity index (χ1n) is 7.22. The van der Waals surface area contributed by atoms with E-state index in [1.165, 1.54) is 10.4 Å². The monoisotopic (exact) mass is 342 g/mol. The van der Waals surface area contributed by atoms with Gasteiger partial charge in [-0.25, -0.2) is 4.98 Å². The zero-order chi connectivity index (χ0) is 16.1. The lowest BCUT2D eigenvalue weighted by Crippen LogP contribution is -2.22. The minimum Gasteiger partial charge on any atom is -0.345 e. The third kappa shape index (κ3) is 4.18. The number of thiazole rings is 1. The van der Waals surface area contributed by atoms with Crippen LogP contribution < -0.4 is 5.32 Å². The van der Waals surface area contributed by atoms with Crippen LogP contribution in [0.1, 0.15) is 25.8 Å². The molecule has 0 saturated heterocycles. The van der Waals surface area contributed by atoms with Crippen LogP contribution in [0.15, 0.2) is 60.8 Å². The fourth-order valence-corrected chi connectivity index (χ4v) is 3.32. The number of hydrogen-bond donors (Lipinski definition) is 1. The zero-order valence-electron chi connectivity index (χ0n) is 12.3. The largest absolute Gasteiger partial charge is 0.345 e. The second kappa shape index (κ2) is 7.40. The van der Waals surface area contributed by atoms with Crippen molar-refractivity contribution >= 4 is 28.8 Å². The standard InChI is InChI=1S/C18H15ClN2OS/c19-16-9-5-4-8-15(16)18(22)21-12-17-20-11-14(23-17)10-13-6-2-1-3-7-13/h1-9,11H,10,12H2,(H,21,22). The summed E-state index contributed by atoms with van der Waals surface area (Å²) in [6, 6.07) is 17.3. The molecule has 23 heavy (non-hydrogen) atoms. The molecule has 1 amide bonds. The van der Waals surface area contributed by atoms with Crippen molar-refractivity contribution in [1.29, 1.82) is 0 Å². The van der Waals surface area contributed by atoms with Gasteiger partial charge < -0.3 is 5.32 Å². The van der Waals surface area contributed by atoms with Crippen LogP contribution >= 0.6 is 22.9 Å². The van der Waals surface area contributed by atoms with Crippen LogP contribution in [-0.2, 0) is 13.0 Å². The van der Waals surface area contributed by atoms with Crippen molar-refractivity contribution in [3.63, 3.8) is 0 Å². The number of carbonyl (C=O) groups excluding carboxylic acids is 1. The summed E-state index contributed by atoms with van der Waals surface area (Å²) in [4.78, 5) is 17.7. The summed E-state index contributed by atoms with van der Waals surface area (Å²) in [5.41, 5.74) is 1.73. The number of benzene rings is 2. The Hall–Kier alpha value is -2.17. The highest BCUT2D eigenvalue weighted by Crippen LogP contribution is 2.18. The van der Waals surface area contributed by atoms with E-state index in [1.54, 1.807) is 35.6 Å². The average Bonchev–Trinajstić information content (AvgIpc) is 3.01. The highest BCUT2D eigenvalue weighted by atomic mass is 35.5. The van der Waals surface area contributed by atoms with E-state index in [0.29, 0.717) is 17.1 Å². The molecule has 0 aliphatic carbocycles. The molecule has 1 aromatic heterocycles. The first-order chi connectivity index (χ1) is 11.2. The van der Waals surface area contributed by atoms with E-state index in [1.807, 2.05) is 24.4 Å². The number of aromatic nitrogens is 1. The summed E-state index contributed by atoms with van der Waals surface area (Å²) < 4.78 is 0. The van der Waals surface area contributed by atoms with Crippen LogP contribution in [0.5, 0.6) is 0 Å². The summed E-state index contributed by atoms with van der Waals surface area (Å²) in [6.07, 6.45) is 2.73. The predicted molar refractivity (Wildman–Crippen MR) is 94.0 cm³/mol. The van der Waals surface area contributed by atoms with E-state index in [4.69, 9.17) is 11.6 Å². The topological polar surface area (TPSA) is 42.0 Å². The Balaban J connectivity index is 1.59. The second-order valence-corrected chi connectivity index (χ2v) is 6.65. The molecule has 1 N–H and O–H groups in total. The molecule has 0 spiro atoms. The van der Waals surface area contributed by atoms with Crippen molar-refractivity contribution in [2.45, 2.75) is 13.0 Å². The Kier molecular flexibility index (Phi) is 5.05. The first-order valence-corrected chi connectivity index (χ1v) is 8.42. The molecular formula is C18H15ClN2OS. The zero-order valence-corrected chi connectivity index (χ0v) is 13.9. The Morgan fingerprint density at radius 2 is 1.83 bits per heavy atom.